The van der Waals surface area contributed by atoms with Gasteiger partial charge in [0.1, 0.15) is 18.2 Å². The molecule has 0 aliphatic carbocycles. The van der Waals surface area contributed by atoms with E-state index in [0.29, 0.717) is 33.5 Å². The van der Waals surface area contributed by atoms with Crippen LogP contribution >= 0.6 is 23.2 Å². The number of nitrogens with zero attached hydrogens (tertiary/aromatic N) is 2. The Morgan fingerprint density at radius 3 is 2.55 bits per heavy atom. The lowest BCUT2D eigenvalue weighted by molar-refractivity contribution is 0.0950. The number of halogens is 3. The maximum Gasteiger partial charge on any atom is 0.275 e. The molecular formula is C30H22Cl2FN3O2. The standard InChI is InChI=1S/C30H22Cl2FN3O2/c31-23-14-13-21(26(32)15-23)19-38-29-12-6-3-9-25(29)30(37)35-34-16-22-18-36(28-11-5-2-8-24(22)28)17-20-7-1-4-10-27(20)33/h1-16,18H,17,19H2,(H,35,37)/b34-16+. The van der Waals surface area contributed by atoms with Crippen LogP contribution in [0.15, 0.2) is 102 Å². The van der Waals surface area contributed by atoms with Crippen molar-refractivity contribution in [1.29, 1.82) is 0 Å². The second kappa shape index (κ2) is 11.5. The summed E-state index contributed by atoms with van der Waals surface area (Å²) in [5.41, 5.74) is 5.96. The molecule has 0 bridgehead atoms. The molecule has 0 fully saturated rings. The Labute approximate surface area is 229 Å². The number of benzene rings is 4. The predicted molar refractivity (Wildman–Crippen MR) is 150 cm³/mol. The quantitative estimate of drug-likeness (QED) is 0.162. The first-order chi connectivity index (χ1) is 18.5. The summed E-state index contributed by atoms with van der Waals surface area (Å²) in [6.07, 6.45) is 3.47. The summed E-state index contributed by atoms with van der Waals surface area (Å²) in [4.78, 5) is 12.9. The van der Waals surface area contributed by atoms with Crippen LogP contribution < -0.4 is 10.2 Å². The highest BCUT2D eigenvalue weighted by Crippen LogP contribution is 2.25. The molecular weight excluding hydrogens is 524 g/mol. The highest BCUT2D eigenvalue weighted by Gasteiger charge is 2.13. The van der Waals surface area contributed by atoms with Crippen molar-refractivity contribution in [2.45, 2.75) is 13.2 Å². The summed E-state index contributed by atoms with van der Waals surface area (Å²) in [5.74, 6) is -0.283. The molecule has 5 aromatic rings. The van der Waals surface area contributed by atoms with Gasteiger partial charge in [-0.2, -0.15) is 5.10 Å². The van der Waals surface area contributed by atoms with Gasteiger partial charge >= 0.3 is 0 Å². The minimum atomic E-state index is -0.422. The second-order valence-corrected chi connectivity index (χ2v) is 9.38. The molecule has 5 nitrogen and oxygen atoms in total. The monoisotopic (exact) mass is 545 g/mol. The van der Waals surface area contributed by atoms with Crippen molar-refractivity contribution < 1.29 is 13.9 Å². The number of rotatable bonds is 8. The van der Waals surface area contributed by atoms with Crippen LogP contribution in [0, 0.1) is 5.82 Å². The molecule has 1 heterocycles. The first kappa shape index (κ1) is 25.5. The van der Waals surface area contributed by atoms with Gasteiger partial charge in [-0.1, -0.05) is 77.8 Å². The van der Waals surface area contributed by atoms with Gasteiger partial charge in [0.25, 0.3) is 5.91 Å². The first-order valence-electron chi connectivity index (χ1n) is 11.8. The van der Waals surface area contributed by atoms with E-state index in [4.69, 9.17) is 27.9 Å². The van der Waals surface area contributed by atoms with Gasteiger partial charge in [0, 0.05) is 43.8 Å². The Kier molecular flexibility index (Phi) is 7.73. The molecule has 0 spiro atoms. The van der Waals surface area contributed by atoms with Gasteiger partial charge in [0.2, 0.25) is 0 Å². The van der Waals surface area contributed by atoms with Crippen LogP contribution in [0.4, 0.5) is 4.39 Å². The second-order valence-electron chi connectivity index (χ2n) is 8.54. The Bertz CT molecular complexity index is 1650. The molecule has 0 radical (unpaired) electrons. The molecule has 190 valence electrons. The fraction of sp³-hybridized carbons (Fsp3) is 0.0667. The van der Waals surface area contributed by atoms with Crippen molar-refractivity contribution in [1.82, 2.24) is 9.99 Å². The van der Waals surface area contributed by atoms with Crippen molar-refractivity contribution in [3.05, 3.63) is 135 Å². The van der Waals surface area contributed by atoms with E-state index in [1.165, 1.54) is 6.07 Å². The van der Waals surface area contributed by atoms with Gasteiger partial charge in [-0.3, -0.25) is 4.79 Å². The Morgan fingerprint density at radius 1 is 0.947 bits per heavy atom. The molecule has 0 saturated carbocycles. The Hall–Kier alpha value is -4.13. The molecule has 1 N–H and O–H groups in total. The molecule has 1 aromatic heterocycles. The van der Waals surface area contributed by atoms with Crippen LogP contribution in [0.3, 0.4) is 0 Å². The minimum absolute atomic E-state index is 0.172. The number of hydrogen-bond acceptors (Lipinski definition) is 3. The van der Waals surface area contributed by atoms with E-state index in [1.807, 2.05) is 41.1 Å². The molecule has 1 amide bonds. The van der Waals surface area contributed by atoms with Crippen LogP contribution in [0.25, 0.3) is 10.9 Å². The van der Waals surface area contributed by atoms with Gasteiger partial charge in [0.05, 0.1) is 18.3 Å². The third-order valence-electron chi connectivity index (χ3n) is 6.02. The van der Waals surface area contributed by atoms with E-state index in [9.17, 15) is 9.18 Å². The number of ether oxygens (including phenoxy) is 1. The highest BCUT2D eigenvalue weighted by molar-refractivity contribution is 6.35. The van der Waals surface area contributed by atoms with E-state index >= 15 is 0 Å². The number of fused-ring (bicyclic) bond motifs is 1. The topological polar surface area (TPSA) is 55.6 Å². The normalized spacial score (nSPS) is 11.2. The lowest BCUT2D eigenvalue weighted by Crippen LogP contribution is -2.18. The van der Waals surface area contributed by atoms with Crippen LogP contribution in [0.2, 0.25) is 10.0 Å². The van der Waals surface area contributed by atoms with E-state index < -0.39 is 5.91 Å². The molecule has 0 aliphatic rings. The number of nitrogens with one attached hydrogen (secondary N) is 1. The van der Waals surface area contributed by atoms with Crippen molar-refractivity contribution >= 4 is 46.2 Å². The third-order valence-corrected chi connectivity index (χ3v) is 6.60. The average molecular weight is 546 g/mol. The van der Waals surface area contributed by atoms with Gasteiger partial charge < -0.3 is 9.30 Å². The zero-order valence-corrected chi connectivity index (χ0v) is 21.6. The van der Waals surface area contributed by atoms with Gasteiger partial charge in [0.15, 0.2) is 0 Å². The van der Waals surface area contributed by atoms with Crippen molar-refractivity contribution in [2.75, 3.05) is 0 Å². The molecule has 0 atom stereocenters. The van der Waals surface area contributed by atoms with Gasteiger partial charge in [-0.05, 0) is 36.4 Å². The van der Waals surface area contributed by atoms with Crippen molar-refractivity contribution in [3.63, 3.8) is 0 Å². The number of hydrazone groups is 1. The maximum atomic E-state index is 14.2. The average Bonchev–Trinajstić information content (AvgIpc) is 3.27. The summed E-state index contributed by atoms with van der Waals surface area (Å²) < 4.78 is 22.1. The molecule has 4 aromatic carbocycles. The lowest BCUT2D eigenvalue weighted by atomic mass is 10.2. The SMILES string of the molecule is O=C(N/N=C/c1cn(Cc2ccccc2F)c2ccccc12)c1ccccc1OCc1ccc(Cl)cc1Cl. The third kappa shape index (κ3) is 5.72. The summed E-state index contributed by atoms with van der Waals surface area (Å²) in [7, 11) is 0. The molecule has 0 saturated heterocycles. The predicted octanol–water partition coefficient (Wildman–Crippen LogP) is 7.48. The number of para-hydroxylation sites is 2. The molecule has 0 aliphatic heterocycles. The Morgan fingerprint density at radius 2 is 1.71 bits per heavy atom. The zero-order chi connectivity index (χ0) is 26.5. The van der Waals surface area contributed by atoms with Crippen LogP contribution in [0.5, 0.6) is 5.75 Å². The molecule has 5 rings (SSSR count). The molecule has 0 unspecified atom stereocenters. The number of carbonyl (C=O) groups excluding carboxylic acids is 1. The molecule has 38 heavy (non-hydrogen) atoms. The zero-order valence-electron chi connectivity index (χ0n) is 20.1. The number of aromatic nitrogens is 1. The van der Waals surface area contributed by atoms with Gasteiger partial charge in [-0.15, -0.1) is 0 Å². The van der Waals surface area contributed by atoms with E-state index in [2.05, 4.69) is 10.5 Å². The smallest absolute Gasteiger partial charge is 0.275 e. The summed E-state index contributed by atoms with van der Waals surface area (Å²) >= 11 is 12.2. The van der Waals surface area contributed by atoms with Crippen molar-refractivity contribution in [3.8, 4) is 5.75 Å². The van der Waals surface area contributed by atoms with Crippen LogP contribution in [-0.4, -0.2) is 16.7 Å². The van der Waals surface area contributed by atoms with Crippen molar-refractivity contribution in [2.24, 2.45) is 5.10 Å². The summed E-state index contributed by atoms with van der Waals surface area (Å²) in [6.45, 7) is 0.542. The number of carbonyl (C=O) groups is 1. The minimum Gasteiger partial charge on any atom is -0.488 e. The summed E-state index contributed by atoms with van der Waals surface area (Å²) in [6, 6.07) is 26.5. The fourth-order valence-electron chi connectivity index (χ4n) is 4.11. The van der Waals surface area contributed by atoms with E-state index in [-0.39, 0.29) is 12.4 Å². The lowest BCUT2D eigenvalue weighted by Gasteiger charge is -2.11. The number of amides is 1. The maximum absolute atomic E-state index is 14.2. The Balaban J connectivity index is 1.31. The van der Waals surface area contributed by atoms with E-state index in [0.717, 1.165) is 22.0 Å². The van der Waals surface area contributed by atoms with Crippen LogP contribution in [-0.2, 0) is 13.2 Å². The van der Waals surface area contributed by atoms with E-state index in [1.54, 1.807) is 60.8 Å². The fourth-order valence-corrected chi connectivity index (χ4v) is 4.58. The highest BCUT2D eigenvalue weighted by atomic mass is 35.5. The first-order valence-corrected chi connectivity index (χ1v) is 12.6. The van der Waals surface area contributed by atoms with Crippen LogP contribution in [0.1, 0.15) is 27.0 Å². The number of hydrogen-bond donors (Lipinski definition) is 1. The summed E-state index contributed by atoms with van der Waals surface area (Å²) in [5, 5.41) is 6.14. The van der Waals surface area contributed by atoms with Gasteiger partial charge in [-0.25, -0.2) is 9.82 Å². The molecule has 8 heteroatoms. The largest absolute Gasteiger partial charge is 0.488 e.